The van der Waals surface area contributed by atoms with Gasteiger partial charge in [-0.1, -0.05) is 25.1 Å². The summed E-state index contributed by atoms with van der Waals surface area (Å²) in [5, 5.41) is 0. The Morgan fingerprint density at radius 3 is 2.67 bits per heavy atom. The second-order valence-electron chi connectivity index (χ2n) is 3.73. The third kappa shape index (κ3) is 5.47. The molecule has 1 aromatic carbocycles. The van der Waals surface area contributed by atoms with Crippen molar-refractivity contribution in [3.05, 3.63) is 30.3 Å². The van der Waals surface area contributed by atoms with Crippen molar-refractivity contribution in [2.45, 2.75) is 24.7 Å². The topological polar surface area (TPSA) is 43.1 Å². The van der Waals surface area contributed by atoms with E-state index in [1.165, 1.54) is 4.90 Å². The number of nitrogens with two attached hydrogens (primary N) is 1. The summed E-state index contributed by atoms with van der Waals surface area (Å²) in [5.74, 6) is 1.23. The lowest BCUT2D eigenvalue weighted by Gasteiger charge is -2.08. The number of rotatable bonds is 6. The minimum atomic E-state index is -0.202. The molecule has 0 fully saturated rings. The minimum Gasteiger partial charge on any atom is -0.370 e. The van der Waals surface area contributed by atoms with Gasteiger partial charge in [0.05, 0.1) is 0 Å². The number of hydrogen-bond acceptors (Lipinski definition) is 2. The Morgan fingerprint density at radius 1 is 1.40 bits per heavy atom. The highest BCUT2D eigenvalue weighted by Crippen LogP contribution is 2.20. The molecule has 0 saturated carbocycles. The summed E-state index contributed by atoms with van der Waals surface area (Å²) in [6, 6.07) is 10.3. The molecule has 0 aliphatic rings. The molecule has 0 aliphatic heterocycles. The first-order valence-corrected chi connectivity index (χ1v) is 6.13. The molecule has 2 N–H and O–H groups in total. The number of carbonyl (C=O) groups excluding carboxylic acids is 1. The summed E-state index contributed by atoms with van der Waals surface area (Å²) in [4.78, 5) is 11.9. The predicted molar refractivity (Wildman–Crippen MR) is 64.8 cm³/mol. The Labute approximate surface area is 95.2 Å². The van der Waals surface area contributed by atoms with E-state index >= 15 is 0 Å². The summed E-state index contributed by atoms with van der Waals surface area (Å²) in [7, 11) is 0. The van der Waals surface area contributed by atoms with Crippen molar-refractivity contribution in [3.8, 4) is 0 Å². The van der Waals surface area contributed by atoms with Crippen LogP contribution in [-0.2, 0) is 4.79 Å². The SMILES string of the molecule is CC(CCSc1ccccc1)CC(N)=O. The van der Waals surface area contributed by atoms with Crippen LogP contribution in [0.5, 0.6) is 0 Å². The second kappa shape index (κ2) is 6.51. The molecule has 82 valence electrons. The van der Waals surface area contributed by atoms with Gasteiger partial charge in [0.2, 0.25) is 5.91 Å². The van der Waals surface area contributed by atoms with Crippen molar-refractivity contribution in [3.63, 3.8) is 0 Å². The Kier molecular flexibility index (Phi) is 5.26. The fourth-order valence-corrected chi connectivity index (χ4v) is 2.45. The number of amides is 1. The Bertz CT molecular complexity index is 300. The molecule has 0 radical (unpaired) electrons. The summed E-state index contributed by atoms with van der Waals surface area (Å²) in [6.45, 7) is 2.07. The molecular weight excluding hydrogens is 206 g/mol. The van der Waals surface area contributed by atoms with Gasteiger partial charge in [-0.15, -0.1) is 11.8 Å². The van der Waals surface area contributed by atoms with E-state index in [1.807, 2.05) is 30.0 Å². The van der Waals surface area contributed by atoms with Crippen LogP contribution in [0.4, 0.5) is 0 Å². The second-order valence-corrected chi connectivity index (χ2v) is 4.89. The van der Waals surface area contributed by atoms with Gasteiger partial charge in [0.1, 0.15) is 0 Å². The maximum atomic E-state index is 10.7. The van der Waals surface area contributed by atoms with Crippen molar-refractivity contribution in [1.82, 2.24) is 0 Å². The van der Waals surface area contributed by atoms with E-state index in [1.54, 1.807) is 0 Å². The summed E-state index contributed by atoms with van der Waals surface area (Å²) in [5.41, 5.74) is 5.13. The van der Waals surface area contributed by atoms with Gasteiger partial charge in [-0.05, 0) is 30.2 Å². The first-order chi connectivity index (χ1) is 7.18. The lowest BCUT2D eigenvalue weighted by molar-refractivity contribution is -0.118. The van der Waals surface area contributed by atoms with E-state index in [0.29, 0.717) is 12.3 Å². The first kappa shape index (κ1) is 12.1. The molecule has 1 rings (SSSR count). The van der Waals surface area contributed by atoms with Gasteiger partial charge in [0, 0.05) is 11.3 Å². The van der Waals surface area contributed by atoms with Crippen LogP contribution in [0.1, 0.15) is 19.8 Å². The molecule has 0 heterocycles. The van der Waals surface area contributed by atoms with Gasteiger partial charge in [-0.2, -0.15) is 0 Å². The Hall–Kier alpha value is -0.960. The van der Waals surface area contributed by atoms with Crippen molar-refractivity contribution >= 4 is 17.7 Å². The van der Waals surface area contributed by atoms with Crippen LogP contribution in [0, 0.1) is 5.92 Å². The van der Waals surface area contributed by atoms with Crippen molar-refractivity contribution < 1.29 is 4.79 Å². The van der Waals surface area contributed by atoms with Crippen molar-refractivity contribution in [2.24, 2.45) is 11.7 Å². The van der Waals surface area contributed by atoms with E-state index in [2.05, 4.69) is 19.1 Å². The van der Waals surface area contributed by atoms with Crippen LogP contribution in [0.15, 0.2) is 35.2 Å². The highest BCUT2D eigenvalue weighted by Gasteiger charge is 2.05. The summed E-state index contributed by atoms with van der Waals surface area (Å²) < 4.78 is 0. The van der Waals surface area contributed by atoms with Crippen LogP contribution >= 0.6 is 11.8 Å². The molecule has 0 spiro atoms. The normalized spacial score (nSPS) is 12.3. The number of primary amides is 1. The molecule has 15 heavy (non-hydrogen) atoms. The monoisotopic (exact) mass is 223 g/mol. The lowest BCUT2D eigenvalue weighted by atomic mass is 10.1. The van der Waals surface area contributed by atoms with Crippen LogP contribution in [0.3, 0.4) is 0 Å². The van der Waals surface area contributed by atoms with Gasteiger partial charge >= 0.3 is 0 Å². The third-order valence-electron chi connectivity index (χ3n) is 2.17. The highest BCUT2D eigenvalue weighted by molar-refractivity contribution is 7.99. The molecule has 0 aliphatic carbocycles. The average molecular weight is 223 g/mol. The molecule has 3 heteroatoms. The Balaban J connectivity index is 2.19. The van der Waals surface area contributed by atoms with E-state index in [-0.39, 0.29) is 5.91 Å². The molecule has 1 unspecified atom stereocenters. The molecule has 0 saturated heterocycles. The summed E-state index contributed by atoms with van der Waals surface area (Å²) >= 11 is 1.82. The molecule has 1 amide bonds. The maximum Gasteiger partial charge on any atom is 0.217 e. The fourth-order valence-electron chi connectivity index (χ4n) is 1.34. The minimum absolute atomic E-state index is 0.202. The number of hydrogen-bond donors (Lipinski definition) is 1. The fraction of sp³-hybridized carbons (Fsp3) is 0.417. The first-order valence-electron chi connectivity index (χ1n) is 5.14. The highest BCUT2D eigenvalue weighted by atomic mass is 32.2. The predicted octanol–water partition coefficient (Wildman–Crippen LogP) is 2.68. The zero-order chi connectivity index (χ0) is 11.1. The van der Waals surface area contributed by atoms with Crippen LogP contribution in [-0.4, -0.2) is 11.7 Å². The Morgan fingerprint density at radius 2 is 2.07 bits per heavy atom. The largest absolute Gasteiger partial charge is 0.370 e. The smallest absolute Gasteiger partial charge is 0.217 e. The maximum absolute atomic E-state index is 10.7. The van der Waals surface area contributed by atoms with Gasteiger partial charge in [-0.25, -0.2) is 0 Å². The molecule has 1 atom stereocenters. The van der Waals surface area contributed by atoms with Crippen molar-refractivity contribution in [1.29, 1.82) is 0 Å². The van der Waals surface area contributed by atoms with Gasteiger partial charge in [-0.3, -0.25) is 4.79 Å². The van der Waals surface area contributed by atoms with E-state index in [4.69, 9.17) is 5.73 Å². The number of benzene rings is 1. The van der Waals surface area contributed by atoms with Crippen LogP contribution in [0.2, 0.25) is 0 Å². The van der Waals surface area contributed by atoms with E-state index < -0.39 is 0 Å². The molecular formula is C12H17NOS. The lowest BCUT2D eigenvalue weighted by Crippen LogP contribution is -2.14. The zero-order valence-electron chi connectivity index (χ0n) is 8.98. The van der Waals surface area contributed by atoms with Crippen LogP contribution in [0.25, 0.3) is 0 Å². The number of thioether (sulfide) groups is 1. The standard InChI is InChI=1S/C12H17NOS/c1-10(9-12(13)14)7-8-15-11-5-3-2-4-6-11/h2-6,10H,7-9H2,1H3,(H2,13,14). The number of carbonyl (C=O) groups is 1. The molecule has 0 bridgehead atoms. The van der Waals surface area contributed by atoms with Gasteiger partial charge in [0.15, 0.2) is 0 Å². The van der Waals surface area contributed by atoms with Gasteiger partial charge < -0.3 is 5.73 Å². The van der Waals surface area contributed by atoms with E-state index in [0.717, 1.165) is 12.2 Å². The molecule has 1 aromatic rings. The van der Waals surface area contributed by atoms with Gasteiger partial charge in [0.25, 0.3) is 0 Å². The van der Waals surface area contributed by atoms with Crippen LogP contribution < -0.4 is 5.73 Å². The van der Waals surface area contributed by atoms with Crippen molar-refractivity contribution in [2.75, 3.05) is 5.75 Å². The summed E-state index contributed by atoms with van der Waals surface area (Å²) in [6.07, 6.45) is 1.53. The third-order valence-corrected chi connectivity index (χ3v) is 3.22. The molecule has 2 nitrogen and oxygen atoms in total. The quantitative estimate of drug-likeness (QED) is 0.753. The zero-order valence-corrected chi connectivity index (χ0v) is 9.80. The average Bonchev–Trinajstić information content (AvgIpc) is 2.18. The molecule has 0 aromatic heterocycles. The van der Waals surface area contributed by atoms with E-state index in [9.17, 15) is 4.79 Å².